The Morgan fingerprint density at radius 3 is 2.36 bits per heavy atom. The van der Waals surface area contributed by atoms with E-state index in [-0.39, 0.29) is 6.03 Å². The number of rotatable bonds is 15. The molecule has 202 valence electrons. The number of benzene rings is 1. The molecule has 0 radical (unpaired) electrons. The number of carboxylic acid groups (broad SMARTS) is 1. The molecule has 36 heavy (non-hydrogen) atoms. The van der Waals surface area contributed by atoms with E-state index in [1.807, 2.05) is 29.2 Å². The Labute approximate surface area is 216 Å². The van der Waals surface area contributed by atoms with Gasteiger partial charge in [-0.2, -0.15) is 0 Å². The fraction of sp³-hybridized carbons (Fsp3) is 0.724. The number of unbranched alkanes of at least 4 members (excludes halogenated alkanes) is 1. The Bertz CT molecular complexity index is 772. The van der Waals surface area contributed by atoms with Crippen LogP contribution in [-0.4, -0.2) is 60.5 Å². The van der Waals surface area contributed by atoms with E-state index in [0.717, 1.165) is 43.0 Å². The summed E-state index contributed by atoms with van der Waals surface area (Å²) in [6, 6.07) is 7.80. The van der Waals surface area contributed by atoms with Crippen molar-refractivity contribution in [1.29, 1.82) is 0 Å². The smallest absolute Gasteiger partial charge is 0.333 e. The van der Waals surface area contributed by atoms with Gasteiger partial charge in [0.05, 0.1) is 6.54 Å². The number of carbonyl (C=O) groups is 2. The first kappa shape index (κ1) is 28.3. The number of nitrogens with zero attached hydrogens (tertiary/aromatic N) is 1. The van der Waals surface area contributed by atoms with E-state index in [9.17, 15) is 14.7 Å². The summed E-state index contributed by atoms with van der Waals surface area (Å²) in [7, 11) is 0. The lowest BCUT2D eigenvalue weighted by Gasteiger charge is -2.26. The minimum Gasteiger partial charge on any atom is -0.492 e. The highest BCUT2D eigenvalue weighted by atomic mass is 16.5. The molecular weight excluding hydrogens is 456 g/mol. The largest absolute Gasteiger partial charge is 0.492 e. The lowest BCUT2D eigenvalue weighted by molar-refractivity contribution is -0.149. The Morgan fingerprint density at radius 2 is 1.69 bits per heavy atom. The van der Waals surface area contributed by atoms with Gasteiger partial charge in [-0.05, 0) is 49.8 Å². The Kier molecular flexibility index (Phi) is 12.4. The highest BCUT2D eigenvalue weighted by molar-refractivity contribution is 5.74. The number of aliphatic carboxylic acids is 1. The van der Waals surface area contributed by atoms with E-state index in [1.54, 1.807) is 6.92 Å². The fourth-order valence-electron chi connectivity index (χ4n) is 5.49. The fourth-order valence-corrected chi connectivity index (χ4v) is 5.49. The molecule has 7 nitrogen and oxygen atoms in total. The molecule has 1 unspecified atom stereocenters. The number of carbonyl (C=O) groups excluding carboxylic acids is 1. The van der Waals surface area contributed by atoms with Gasteiger partial charge >= 0.3 is 12.0 Å². The van der Waals surface area contributed by atoms with Crippen LogP contribution in [0.3, 0.4) is 0 Å². The number of nitrogens with one attached hydrogen (secondary N) is 1. The topological polar surface area (TPSA) is 88.1 Å². The molecule has 2 N–H and O–H groups in total. The van der Waals surface area contributed by atoms with Crippen molar-refractivity contribution in [1.82, 2.24) is 10.2 Å². The standard InChI is InChI=1S/C29H46N2O5/c1-2-35-27(28(32)33)22-24-15-17-26(18-16-24)36-21-20-31(29(34)30-25-13-6-7-14-25)19-9-8-12-23-10-4-3-5-11-23/h15-18,23,25,27H,2-14,19-22H2,1H3,(H,30,34)(H,32,33). The maximum Gasteiger partial charge on any atom is 0.333 e. The van der Waals surface area contributed by atoms with Crippen LogP contribution in [0.5, 0.6) is 5.75 Å². The summed E-state index contributed by atoms with van der Waals surface area (Å²) in [5.74, 6) is 0.646. The molecule has 1 aromatic rings. The van der Waals surface area contributed by atoms with E-state index >= 15 is 0 Å². The molecule has 7 heteroatoms. The van der Waals surface area contributed by atoms with Crippen LogP contribution in [0.4, 0.5) is 4.79 Å². The van der Waals surface area contributed by atoms with Gasteiger partial charge in [0.25, 0.3) is 0 Å². The van der Waals surface area contributed by atoms with Crippen molar-refractivity contribution in [2.24, 2.45) is 5.92 Å². The molecule has 0 aromatic heterocycles. The van der Waals surface area contributed by atoms with Crippen molar-refractivity contribution >= 4 is 12.0 Å². The average molecular weight is 503 g/mol. The molecule has 0 spiro atoms. The molecule has 0 saturated heterocycles. The predicted molar refractivity (Wildman–Crippen MR) is 141 cm³/mol. The van der Waals surface area contributed by atoms with Crippen LogP contribution in [0.25, 0.3) is 0 Å². The summed E-state index contributed by atoms with van der Waals surface area (Å²) in [6.45, 7) is 3.90. The van der Waals surface area contributed by atoms with Crippen molar-refractivity contribution in [3.8, 4) is 5.75 Å². The normalized spacial score (nSPS) is 17.6. The van der Waals surface area contributed by atoms with Crippen molar-refractivity contribution in [3.63, 3.8) is 0 Å². The van der Waals surface area contributed by atoms with E-state index < -0.39 is 12.1 Å². The zero-order valence-electron chi connectivity index (χ0n) is 22.1. The second-order valence-electron chi connectivity index (χ2n) is 10.4. The van der Waals surface area contributed by atoms with Crippen LogP contribution < -0.4 is 10.1 Å². The quantitative estimate of drug-likeness (QED) is 0.296. The third-order valence-corrected chi connectivity index (χ3v) is 7.60. The molecule has 3 rings (SSSR count). The number of ether oxygens (including phenoxy) is 2. The number of amides is 2. The predicted octanol–water partition coefficient (Wildman–Crippen LogP) is 5.80. The second-order valence-corrected chi connectivity index (χ2v) is 10.4. The Morgan fingerprint density at radius 1 is 1.00 bits per heavy atom. The first-order valence-electron chi connectivity index (χ1n) is 14.2. The van der Waals surface area contributed by atoms with E-state index in [4.69, 9.17) is 9.47 Å². The zero-order valence-corrected chi connectivity index (χ0v) is 22.1. The minimum atomic E-state index is -0.952. The Balaban J connectivity index is 1.44. The summed E-state index contributed by atoms with van der Waals surface area (Å²) >= 11 is 0. The first-order valence-corrected chi connectivity index (χ1v) is 14.2. The van der Waals surface area contributed by atoms with Gasteiger partial charge in [0.15, 0.2) is 6.10 Å². The van der Waals surface area contributed by atoms with Crippen molar-refractivity contribution in [2.75, 3.05) is 26.3 Å². The molecule has 2 saturated carbocycles. The van der Waals surface area contributed by atoms with E-state index in [1.165, 1.54) is 57.8 Å². The summed E-state index contributed by atoms with van der Waals surface area (Å²) in [5.41, 5.74) is 0.888. The van der Waals surface area contributed by atoms with Crippen LogP contribution in [-0.2, 0) is 16.0 Å². The molecule has 2 aliphatic rings. The molecule has 2 aliphatic carbocycles. The highest BCUT2D eigenvalue weighted by Crippen LogP contribution is 2.27. The average Bonchev–Trinajstić information content (AvgIpc) is 3.39. The van der Waals surface area contributed by atoms with Gasteiger partial charge in [0.1, 0.15) is 12.4 Å². The lowest BCUT2D eigenvalue weighted by Crippen LogP contribution is -2.46. The minimum absolute atomic E-state index is 0.0363. The van der Waals surface area contributed by atoms with Gasteiger partial charge in [-0.1, -0.05) is 69.9 Å². The summed E-state index contributed by atoms with van der Waals surface area (Å²) < 4.78 is 11.2. The molecule has 1 aromatic carbocycles. The molecule has 1 atom stereocenters. The van der Waals surface area contributed by atoms with E-state index in [0.29, 0.717) is 32.2 Å². The summed E-state index contributed by atoms with van der Waals surface area (Å²) in [4.78, 5) is 26.2. The Hall–Kier alpha value is -2.28. The van der Waals surface area contributed by atoms with Crippen LogP contribution in [0, 0.1) is 5.92 Å². The van der Waals surface area contributed by atoms with Gasteiger partial charge in [0, 0.05) is 25.6 Å². The SMILES string of the molecule is CCOC(Cc1ccc(OCCN(CCCCC2CCCCC2)C(=O)NC2CCCC2)cc1)C(=O)O. The molecule has 2 fully saturated rings. The monoisotopic (exact) mass is 502 g/mol. The second kappa shape index (κ2) is 15.7. The number of carboxylic acids is 1. The first-order chi connectivity index (χ1) is 17.5. The van der Waals surface area contributed by atoms with Crippen molar-refractivity contribution in [3.05, 3.63) is 29.8 Å². The molecular formula is C29H46N2O5. The van der Waals surface area contributed by atoms with Gasteiger partial charge in [-0.15, -0.1) is 0 Å². The van der Waals surface area contributed by atoms with Gasteiger partial charge in [0.2, 0.25) is 0 Å². The maximum atomic E-state index is 13.0. The molecule has 0 aliphatic heterocycles. The van der Waals surface area contributed by atoms with Gasteiger partial charge in [-0.3, -0.25) is 0 Å². The van der Waals surface area contributed by atoms with Crippen molar-refractivity contribution in [2.45, 2.75) is 103 Å². The van der Waals surface area contributed by atoms with Crippen LogP contribution >= 0.6 is 0 Å². The van der Waals surface area contributed by atoms with Gasteiger partial charge < -0.3 is 24.8 Å². The summed E-state index contributed by atoms with van der Waals surface area (Å²) in [5, 5.41) is 12.5. The summed E-state index contributed by atoms with van der Waals surface area (Å²) in [6.07, 6.45) is 14.4. The lowest BCUT2D eigenvalue weighted by atomic mass is 9.86. The number of hydrogen-bond acceptors (Lipinski definition) is 4. The van der Waals surface area contributed by atoms with Gasteiger partial charge in [-0.25, -0.2) is 9.59 Å². The molecule has 0 bridgehead atoms. The zero-order chi connectivity index (χ0) is 25.6. The highest BCUT2D eigenvalue weighted by Gasteiger charge is 2.21. The van der Waals surface area contributed by atoms with Crippen LogP contribution in [0.1, 0.15) is 89.5 Å². The van der Waals surface area contributed by atoms with Crippen molar-refractivity contribution < 1.29 is 24.2 Å². The maximum absolute atomic E-state index is 13.0. The third kappa shape index (κ3) is 10.00. The third-order valence-electron chi connectivity index (χ3n) is 7.60. The molecule has 2 amide bonds. The number of urea groups is 1. The van der Waals surface area contributed by atoms with Crippen LogP contribution in [0.2, 0.25) is 0 Å². The van der Waals surface area contributed by atoms with E-state index in [2.05, 4.69) is 5.32 Å². The van der Waals surface area contributed by atoms with Crippen LogP contribution in [0.15, 0.2) is 24.3 Å². The molecule has 0 heterocycles. The number of hydrogen-bond donors (Lipinski definition) is 2.